The summed E-state index contributed by atoms with van der Waals surface area (Å²) >= 11 is 0. The van der Waals surface area contributed by atoms with E-state index in [-0.39, 0.29) is 5.78 Å². The van der Waals surface area contributed by atoms with Crippen LogP contribution < -0.4 is 0 Å². The Labute approximate surface area is 107 Å². The van der Waals surface area contributed by atoms with Gasteiger partial charge in [0.25, 0.3) is 0 Å². The van der Waals surface area contributed by atoms with Crippen molar-refractivity contribution < 1.29 is 4.79 Å². The van der Waals surface area contributed by atoms with Crippen molar-refractivity contribution in [1.29, 1.82) is 0 Å². The van der Waals surface area contributed by atoms with Gasteiger partial charge < -0.3 is 0 Å². The van der Waals surface area contributed by atoms with E-state index in [0.29, 0.717) is 6.42 Å². The number of nitrogens with zero attached hydrogens (tertiary/aromatic N) is 2. The number of carbonyl (C=O) groups excluding carboxylic acids is 1. The summed E-state index contributed by atoms with van der Waals surface area (Å²) in [5, 5.41) is 4.11. The third-order valence-corrected chi connectivity index (χ3v) is 3.23. The quantitative estimate of drug-likeness (QED) is 0.756. The topological polar surface area (TPSA) is 34.9 Å². The molecule has 1 aromatic heterocycles. The Balaban J connectivity index is 2.06. The van der Waals surface area contributed by atoms with E-state index in [9.17, 15) is 4.79 Å². The van der Waals surface area contributed by atoms with Gasteiger partial charge in [0.15, 0.2) is 5.78 Å². The minimum absolute atomic E-state index is 0.216. The fourth-order valence-corrected chi connectivity index (χ4v) is 2.12. The summed E-state index contributed by atoms with van der Waals surface area (Å²) < 4.78 is 1.82. The number of hydrogen-bond acceptors (Lipinski definition) is 2. The predicted molar refractivity (Wildman–Crippen MR) is 71.7 cm³/mol. The normalized spacial score (nSPS) is 10.6. The third-order valence-electron chi connectivity index (χ3n) is 3.23. The number of hydrogen-bond donors (Lipinski definition) is 0. The smallest absolute Gasteiger partial charge is 0.163 e. The predicted octanol–water partition coefficient (Wildman–Crippen LogP) is 2.80. The largest absolute Gasteiger partial charge is 0.294 e. The molecule has 0 aliphatic rings. The summed E-state index contributed by atoms with van der Waals surface area (Å²) in [6, 6.07) is 9.81. The van der Waals surface area contributed by atoms with E-state index in [0.717, 1.165) is 29.7 Å². The van der Waals surface area contributed by atoms with Gasteiger partial charge >= 0.3 is 0 Å². The fourth-order valence-electron chi connectivity index (χ4n) is 2.12. The summed E-state index contributed by atoms with van der Waals surface area (Å²) in [6.45, 7) is 2.08. The molecule has 0 unspecified atom stereocenters. The molecule has 1 heterocycles. The highest BCUT2D eigenvalue weighted by atomic mass is 16.1. The van der Waals surface area contributed by atoms with Gasteiger partial charge in [-0.3, -0.25) is 9.48 Å². The van der Waals surface area contributed by atoms with Gasteiger partial charge in [-0.1, -0.05) is 31.2 Å². The molecule has 0 atom stereocenters. The van der Waals surface area contributed by atoms with E-state index in [1.165, 1.54) is 0 Å². The summed E-state index contributed by atoms with van der Waals surface area (Å²) in [5.41, 5.74) is 3.09. The zero-order chi connectivity index (χ0) is 13.0. The van der Waals surface area contributed by atoms with E-state index >= 15 is 0 Å². The number of carbonyl (C=O) groups is 1. The Bertz CT molecular complexity index is 543. The first kappa shape index (κ1) is 12.6. The standard InChI is InChI=1S/C15H18N2O/c1-3-12-6-4-5-7-14(12)15(18)9-8-13-10-11-16-17(13)2/h4-7,10-11H,3,8-9H2,1-2H3. The van der Waals surface area contributed by atoms with Crippen LogP contribution in [0.3, 0.4) is 0 Å². The van der Waals surface area contributed by atoms with Gasteiger partial charge in [0.05, 0.1) is 0 Å². The third kappa shape index (κ3) is 2.67. The van der Waals surface area contributed by atoms with Gasteiger partial charge in [0, 0.05) is 30.9 Å². The summed E-state index contributed by atoms with van der Waals surface area (Å²) in [4.78, 5) is 12.2. The molecule has 2 aromatic rings. The van der Waals surface area contributed by atoms with Crippen LogP contribution in [0.15, 0.2) is 36.5 Å². The molecule has 2 rings (SSSR count). The van der Waals surface area contributed by atoms with Gasteiger partial charge in [-0.15, -0.1) is 0 Å². The second-order valence-electron chi connectivity index (χ2n) is 4.38. The molecule has 94 valence electrons. The van der Waals surface area contributed by atoms with Crippen LogP contribution in [0.1, 0.15) is 35.0 Å². The van der Waals surface area contributed by atoms with E-state index in [2.05, 4.69) is 12.0 Å². The van der Waals surface area contributed by atoms with Crippen LogP contribution in [-0.2, 0) is 19.9 Å². The van der Waals surface area contributed by atoms with E-state index in [1.807, 2.05) is 42.1 Å². The van der Waals surface area contributed by atoms with Crippen molar-refractivity contribution in [2.45, 2.75) is 26.2 Å². The molecule has 0 saturated heterocycles. The lowest BCUT2D eigenvalue weighted by atomic mass is 9.98. The van der Waals surface area contributed by atoms with Crippen molar-refractivity contribution >= 4 is 5.78 Å². The maximum atomic E-state index is 12.2. The monoisotopic (exact) mass is 242 g/mol. The van der Waals surface area contributed by atoms with Crippen molar-refractivity contribution in [2.75, 3.05) is 0 Å². The zero-order valence-corrected chi connectivity index (χ0v) is 10.9. The van der Waals surface area contributed by atoms with Crippen molar-refractivity contribution in [1.82, 2.24) is 9.78 Å². The Morgan fingerprint density at radius 3 is 2.72 bits per heavy atom. The molecule has 0 saturated carbocycles. The van der Waals surface area contributed by atoms with Gasteiger partial charge in [-0.05, 0) is 24.5 Å². The van der Waals surface area contributed by atoms with Crippen LogP contribution >= 0.6 is 0 Å². The van der Waals surface area contributed by atoms with E-state index in [4.69, 9.17) is 0 Å². The maximum Gasteiger partial charge on any atom is 0.163 e. The molecule has 3 nitrogen and oxygen atoms in total. The highest BCUT2D eigenvalue weighted by molar-refractivity contribution is 5.97. The van der Waals surface area contributed by atoms with Gasteiger partial charge in [0.1, 0.15) is 0 Å². The molecular weight excluding hydrogens is 224 g/mol. The second-order valence-corrected chi connectivity index (χ2v) is 4.38. The minimum atomic E-state index is 0.216. The molecule has 0 aliphatic heterocycles. The SMILES string of the molecule is CCc1ccccc1C(=O)CCc1ccnn1C. The first-order valence-electron chi connectivity index (χ1n) is 6.30. The number of Topliss-reactive ketones (excluding diaryl/α,β-unsaturated/α-hetero) is 1. The number of aromatic nitrogens is 2. The fraction of sp³-hybridized carbons (Fsp3) is 0.333. The second kappa shape index (κ2) is 5.63. The summed E-state index contributed by atoms with van der Waals surface area (Å²) in [7, 11) is 1.90. The first-order chi connectivity index (χ1) is 8.72. The molecule has 3 heteroatoms. The zero-order valence-electron chi connectivity index (χ0n) is 10.9. The minimum Gasteiger partial charge on any atom is -0.294 e. The lowest BCUT2D eigenvalue weighted by Gasteiger charge is -2.06. The Morgan fingerprint density at radius 1 is 1.28 bits per heavy atom. The average Bonchev–Trinajstić information content (AvgIpc) is 2.81. The Morgan fingerprint density at radius 2 is 2.06 bits per heavy atom. The van der Waals surface area contributed by atoms with Gasteiger partial charge in [0.2, 0.25) is 0 Å². The molecule has 0 N–H and O–H groups in total. The van der Waals surface area contributed by atoms with E-state index < -0.39 is 0 Å². The number of rotatable bonds is 5. The summed E-state index contributed by atoms with van der Waals surface area (Å²) in [5.74, 6) is 0.216. The average molecular weight is 242 g/mol. The molecule has 1 aromatic carbocycles. The van der Waals surface area contributed by atoms with Crippen LogP contribution in [0.25, 0.3) is 0 Å². The highest BCUT2D eigenvalue weighted by Gasteiger charge is 2.10. The molecule has 0 spiro atoms. The van der Waals surface area contributed by atoms with Crippen LogP contribution in [0, 0.1) is 0 Å². The van der Waals surface area contributed by atoms with Crippen LogP contribution in [0.2, 0.25) is 0 Å². The number of ketones is 1. The molecule has 0 amide bonds. The van der Waals surface area contributed by atoms with Crippen molar-refractivity contribution in [3.05, 3.63) is 53.3 Å². The van der Waals surface area contributed by atoms with Gasteiger partial charge in [-0.25, -0.2) is 0 Å². The molecule has 18 heavy (non-hydrogen) atoms. The molecular formula is C15H18N2O. The van der Waals surface area contributed by atoms with E-state index in [1.54, 1.807) is 6.20 Å². The molecule has 0 bridgehead atoms. The van der Waals surface area contributed by atoms with Gasteiger partial charge in [-0.2, -0.15) is 5.10 Å². The summed E-state index contributed by atoms with van der Waals surface area (Å²) in [6.07, 6.45) is 3.94. The van der Waals surface area contributed by atoms with Crippen LogP contribution in [0.4, 0.5) is 0 Å². The molecule has 0 fully saturated rings. The number of aryl methyl sites for hydroxylation is 3. The number of benzene rings is 1. The molecule has 0 aliphatic carbocycles. The van der Waals surface area contributed by atoms with Crippen LogP contribution in [0.5, 0.6) is 0 Å². The molecule has 0 radical (unpaired) electrons. The lowest BCUT2D eigenvalue weighted by Crippen LogP contribution is -2.06. The highest BCUT2D eigenvalue weighted by Crippen LogP contribution is 2.13. The van der Waals surface area contributed by atoms with Crippen molar-refractivity contribution in [2.24, 2.45) is 7.05 Å². The van der Waals surface area contributed by atoms with Crippen molar-refractivity contribution in [3.8, 4) is 0 Å². The Hall–Kier alpha value is -1.90. The first-order valence-corrected chi connectivity index (χ1v) is 6.30. The maximum absolute atomic E-state index is 12.2. The Kier molecular flexibility index (Phi) is 3.92. The lowest BCUT2D eigenvalue weighted by molar-refractivity contribution is 0.0981. The van der Waals surface area contributed by atoms with Crippen LogP contribution in [-0.4, -0.2) is 15.6 Å². The van der Waals surface area contributed by atoms with Crippen molar-refractivity contribution in [3.63, 3.8) is 0 Å².